The summed E-state index contributed by atoms with van der Waals surface area (Å²) in [5.41, 5.74) is 0.927. The van der Waals surface area contributed by atoms with Gasteiger partial charge < -0.3 is 10.1 Å². The molecule has 0 aromatic heterocycles. The van der Waals surface area contributed by atoms with Gasteiger partial charge in [-0.25, -0.2) is 8.42 Å². The van der Waals surface area contributed by atoms with Gasteiger partial charge in [-0.3, -0.25) is 9.52 Å². The van der Waals surface area contributed by atoms with Crippen molar-refractivity contribution in [3.63, 3.8) is 0 Å². The van der Waals surface area contributed by atoms with Crippen LogP contribution in [0.5, 0.6) is 0 Å². The van der Waals surface area contributed by atoms with Crippen LogP contribution in [0.25, 0.3) is 0 Å². The highest BCUT2D eigenvalue weighted by molar-refractivity contribution is 7.89. The molecule has 134 valence electrons. The van der Waals surface area contributed by atoms with Crippen LogP contribution < -0.4 is 10.0 Å². The van der Waals surface area contributed by atoms with Crippen LogP contribution in [0.4, 0.5) is 5.69 Å². The van der Waals surface area contributed by atoms with Gasteiger partial charge in [0.1, 0.15) is 6.79 Å². The average molecular weight is 362 g/mol. The summed E-state index contributed by atoms with van der Waals surface area (Å²) in [6.07, 6.45) is 9.23. The van der Waals surface area contributed by atoms with Crippen LogP contribution >= 0.6 is 0 Å². The molecule has 0 heterocycles. The third-order valence-electron chi connectivity index (χ3n) is 3.23. The van der Waals surface area contributed by atoms with E-state index in [1.54, 1.807) is 24.3 Å². The fourth-order valence-electron chi connectivity index (χ4n) is 2.02. The number of rotatable bonds is 4. The molecule has 0 spiro atoms. The van der Waals surface area contributed by atoms with Crippen LogP contribution in [-0.2, 0) is 19.6 Å². The number of carbonyl (C=O) groups is 2. The lowest BCUT2D eigenvalue weighted by Gasteiger charge is -2.13. The Kier molecular flexibility index (Phi) is 6.87. The second-order valence-electron chi connectivity index (χ2n) is 5.95. The lowest BCUT2D eigenvalue weighted by molar-refractivity contribution is -0.114. The van der Waals surface area contributed by atoms with Crippen molar-refractivity contribution in [2.45, 2.75) is 25.7 Å². The molecule has 0 radical (unpaired) electrons. The number of nitrogens with one attached hydrogen (secondary N) is 2. The fourth-order valence-corrected chi connectivity index (χ4v) is 3.08. The van der Waals surface area contributed by atoms with Gasteiger partial charge in [-0.05, 0) is 36.4 Å². The Labute approximate surface area is 148 Å². The van der Waals surface area contributed by atoms with E-state index in [-0.39, 0.29) is 16.2 Å². The summed E-state index contributed by atoms with van der Waals surface area (Å²) in [5.74, 6) is -0.207. The summed E-state index contributed by atoms with van der Waals surface area (Å²) < 4.78 is 27.4. The van der Waals surface area contributed by atoms with E-state index in [9.17, 15) is 13.2 Å². The Hall–Kier alpha value is -2.67. The summed E-state index contributed by atoms with van der Waals surface area (Å²) in [7, 11) is -3.67. The molecular weight excluding hydrogens is 340 g/mol. The third kappa shape index (κ3) is 6.39. The van der Waals surface area contributed by atoms with Gasteiger partial charge in [-0.15, -0.1) is 0 Å². The molecule has 0 saturated carbocycles. The van der Waals surface area contributed by atoms with Crippen molar-refractivity contribution in [3.8, 4) is 0 Å². The van der Waals surface area contributed by atoms with Crippen molar-refractivity contribution in [1.82, 2.24) is 4.72 Å². The zero-order chi connectivity index (χ0) is 19.1. The Morgan fingerprint density at radius 2 is 1.68 bits per heavy atom. The summed E-state index contributed by atoms with van der Waals surface area (Å²) in [6, 6.07) is 6.01. The Bertz CT molecular complexity index is 804. The molecule has 7 heteroatoms. The number of amides is 1. The normalized spacial score (nSPS) is 15.2. The van der Waals surface area contributed by atoms with E-state index in [0.29, 0.717) is 11.4 Å². The highest BCUT2D eigenvalue weighted by Gasteiger charge is 2.16. The molecule has 2 rings (SSSR count). The van der Waals surface area contributed by atoms with Gasteiger partial charge in [0.25, 0.3) is 10.0 Å². The molecule has 1 aromatic rings. The predicted octanol–water partition coefficient (Wildman–Crippen LogP) is 2.77. The maximum absolute atomic E-state index is 12.4. The fraction of sp³-hybridized carbons (Fsp3) is 0.222. The molecule has 0 aliphatic heterocycles. The zero-order valence-corrected chi connectivity index (χ0v) is 15.3. The first-order valence-corrected chi connectivity index (χ1v) is 8.94. The molecule has 25 heavy (non-hydrogen) atoms. The monoisotopic (exact) mass is 362 g/mol. The average Bonchev–Trinajstić information content (AvgIpc) is 2.70. The molecule has 0 saturated heterocycles. The van der Waals surface area contributed by atoms with Crippen LogP contribution in [0.3, 0.4) is 0 Å². The van der Waals surface area contributed by atoms with E-state index in [0.717, 1.165) is 0 Å². The van der Waals surface area contributed by atoms with Gasteiger partial charge in [0.2, 0.25) is 5.91 Å². The Morgan fingerprint density at radius 1 is 1.08 bits per heavy atom. The Morgan fingerprint density at radius 3 is 2.24 bits per heavy atom. The quantitative estimate of drug-likeness (QED) is 0.861. The molecule has 0 atom stereocenters. The van der Waals surface area contributed by atoms with Crippen molar-refractivity contribution in [1.29, 1.82) is 0 Å². The maximum atomic E-state index is 12.4. The van der Waals surface area contributed by atoms with Crippen LogP contribution in [-0.4, -0.2) is 21.1 Å². The first-order chi connectivity index (χ1) is 11.7. The van der Waals surface area contributed by atoms with Crippen molar-refractivity contribution in [2.24, 2.45) is 5.41 Å². The number of sulfonamides is 1. The molecule has 0 bridgehead atoms. The van der Waals surface area contributed by atoms with Gasteiger partial charge in [0.05, 0.1) is 4.90 Å². The van der Waals surface area contributed by atoms with E-state index in [1.165, 1.54) is 19.1 Å². The standard InChI is InChI=1S/C17H20N2O3S.CH2O/c1-13(20)18-14-6-8-16(9-7-14)23(21,22)19-15-5-4-11-17(2,3)12-10-15;1-2/h4-12,19H,1-3H3,(H,18,20);1H2. The lowest BCUT2D eigenvalue weighted by Crippen LogP contribution is -2.22. The summed E-state index contributed by atoms with van der Waals surface area (Å²) in [5, 5.41) is 2.60. The first kappa shape index (κ1) is 20.4. The Balaban J connectivity index is 0.00000151. The van der Waals surface area contributed by atoms with Crippen molar-refractivity contribution < 1.29 is 18.0 Å². The van der Waals surface area contributed by atoms with Gasteiger partial charge in [-0.1, -0.05) is 32.1 Å². The van der Waals surface area contributed by atoms with E-state index in [2.05, 4.69) is 10.0 Å². The molecule has 1 aromatic carbocycles. The number of allylic oxidation sites excluding steroid dienone is 5. The van der Waals surface area contributed by atoms with Crippen molar-refractivity contribution in [3.05, 3.63) is 60.3 Å². The minimum absolute atomic E-state index is 0.121. The zero-order valence-electron chi connectivity index (χ0n) is 14.4. The van der Waals surface area contributed by atoms with E-state index in [4.69, 9.17) is 4.79 Å². The van der Waals surface area contributed by atoms with Crippen LogP contribution in [0.15, 0.2) is 65.2 Å². The summed E-state index contributed by atoms with van der Waals surface area (Å²) in [4.78, 5) is 19.1. The minimum atomic E-state index is -3.67. The second kappa shape index (κ2) is 8.43. The molecule has 1 aliphatic rings. The number of anilines is 1. The number of hydrogen-bond acceptors (Lipinski definition) is 4. The lowest BCUT2D eigenvalue weighted by atomic mass is 9.93. The van der Waals surface area contributed by atoms with Crippen LogP contribution in [0, 0.1) is 5.41 Å². The van der Waals surface area contributed by atoms with Gasteiger partial charge in [0, 0.05) is 23.7 Å². The minimum Gasteiger partial charge on any atom is -0.326 e. The number of carbonyl (C=O) groups excluding carboxylic acids is 2. The topological polar surface area (TPSA) is 92.3 Å². The molecular formula is C18H22N2O4S. The maximum Gasteiger partial charge on any atom is 0.261 e. The van der Waals surface area contributed by atoms with Crippen molar-refractivity contribution >= 4 is 28.4 Å². The number of benzene rings is 1. The van der Waals surface area contributed by atoms with Crippen LogP contribution in [0.2, 0.25) is 0 Å². The van der Waals surface area contributed by atoms with E-state index in [1.807, 2.05) is 38.9 Å². The second-order valence-corrected chi connectivity index (χ2v) is 7.63. The highest BCUT2D eigenvalue weighted by Crippen LogP contribution is 2.23. The molecule has 1 amide bonds. The van der Waals surface area contributed by atoms with E-state index < -0.39 is 10.0 Å². The molecule has 1 aliphatic carbocycles. The molecule has 2 N–H and O–H groups in total. The third-order valence-corrected chi connectivity index (χ3v) is 4.63. The summed E-state index contributed by atoms with van der Waals surface area (Å²) in [6.45, 7) is 7.46. The largest absolute Gasteiger partial charge is 0.326 e. The van der Waals surface area contributed by atoms with Gasteiger partial charge >= 0.3 is 0 Å². The highest BCUT2D eigenvalue weighted by atomic mass is 32.2. The molecule has 6 nitrogen and oxygen atoms in total. The number of hydrogen-bond donors (Lipinski definition) is 2. The van der Waals surface area contributed by atoms with Crippen LogP contribution in [0.1, 0.15) is 20.8 Å². The molecule has 0 unspecified atom stereocenters. The SMILES string of the molecule is C=O.CC(=O)Nc1ccc(S(=O)(=O)NC2=CC=CC(C)(C)C=C2)cc1. The first-order valence-electron chi connectivity index (χ1n) is 7.46. The van der Waals surface area contributed by atoms with E-state index >= 15 is 0 Å². The van der Waals surface area contributed by atoms with Gasteiger partial charge in [0.15, 0.2) is 0 Å². The summed E-state index contributed by atoms with van der Waals surface area (Å²) >= 11 is 0. The molecule has 0 fully saturated rings. The predicted molar refractivity (Wildman–Crippen MR) is 98.3 cm³/mol. The van der Waals surface area contributed by atoms with Gasteiger partial charge in [-0.2, -0.15) is 0 Å². The van der Waals surface area contributed by atoms with Crippen molar-refractivity contribution in [2.75, 3.05) is 5.32 Å². The smallest absolute Gasteiger partial charge is 0.261 e.